The molecule has 0 amide bonds. The quantitative estimate of drug-likeness (QED) is 0.145. The monoisotopic (exact) mass is 858 g/mol. The number of thiophene rings is 1. The summed E-state index contributed by atoms with van der Waals surface area (Å²) in [7, 11) is 1.66. The van der Waals surface area contributed by atoms with Crippen LogP contribution in [0.1, 0.15) is 5.56 Å². The normalized spacial score (nSPS) is 11.3. The summed E-state index contributed by atoms with van der Waals surface area (Å²) in [4.78, 5) is 29.4. The van der Waals surface area contributed by atoms with E-state index in [2.05, 4.69) is 84.9 Å². The van der Waals surface area contributed by atoms with Gasteiger partial charge in [-0.15, -0.1) is 11.3 Å². The zero-order chi connectivity index (χ0) is 43.7. The van der Waals surface area contributed by atoms with Gasteiger partial charge in [0, 0.05) is 53.6 Å². The Balaban J connectivity index is 0.896. The highest BCUT2D eigenvalue weighted by Gasteiger charge is 2.16. The maximum Gasteiger partial charge on any atom is 0.164 e. The summed E-state index contributed by atoms with van der Waals surface area (Å²) in [6, 6.07) is 65.7. The summed E-state index contributed by atoms with van der Waals surface area (Å²) in [6.45, 7) is -0.0222. The maximum absolute atomic E-state index is 9.59. The number of methoxy groups -OCH3 is 1. The molecule has 0 fully saturated rings. The third-order valence-corrected chi connectivity index (χ3v) is 12.7. The molecule has 0 saturated heterocycles. The molecule has 3 aromatic heterocycles. The Hall–Kier alpha value is -8.24. The van der Waals surface area contributed by atoms with Crippen LogP contribution in [-0.4, -0.2) is 42.1 Å². The lowest BCUT2D eigenvalue weighted by Gasteiger charge is -2.10. The van der Waals surface area contributed by atoms with Gasteiger partial charge in [0.25, 0.3) is 0 Å². The fraction of sp³-hybridized carbons (Fsp3) is 0.0357. The van der Waals surface area contributed by atoms with E-state index >= 15 is 0 Å². The van der Waals surface area contributed by atoms with E-state index in [-0.39, 0.29) is 6.61 Å². The Bertz CT molecular complexity index is 3240. The fourth-order valence-electron chi connectivity index (χ4n) is 7.96. The van der Waals surface area contributed by atoms with Gasteiger partial charge in [-0.2, -0.15) is 0 Å². The van der Waals surface area contributed by atoms with Crippen molar-refractivity contribution in [2.75, 3.05) is 7.11 Å². The third-order valence-electron chi connectivity index (χ3n) is 11.5. The number of rotatable bonds is 10. The minimum Gasteiger partial charge on any atom is -0.497 e. The second kappa shape index (κ2) is 17.1. The SMILES string of the molecule is COc1ccc(-c2nc(-c3ccccc3)nc(-c3ccc(-c4ccc5sc6ccc(-c7ccc(-c8nc(-c9ccccc9)nc(-c9ccc(CO)cc9)n8)cc7)cc6c5c4)cc3)n2)cc1. The van der Waals surface area contributed by atoms with E-state index in [0.717, 1.165) is 66.9 Å². The van der Waals surface area contributed by atoms with Crippen LogP contribution in [-0.2, 0) is 6.61 Å². The molecule has 0 aliphatic rings. The molecule has 8 nitrogen and oxygen atoms in total. The van der Waals surface area contributed by atoms with Crippen molar-refractivity contribution in [1.29, 1.82) is 0 Å². The number of aromatic nitrogens is 6. The molecule has 0 spiro atoms. The number of ether oxygens (including phenoxy) is 1. The molecule has 0 aliphatic carbocycles. The number of hydrogen-bond acceptors (Lipinski definition) is 9. The molecule has 11 aromatic rings. The molecular weight excluding hydrogens is 821 g/mol. The Kier molecular flexibility index (Phi) is 10.4. The molecule has 0 aliphatic heterocycles. The smallest absolute Gasteiger partial charge is 0.164 e. The Morgan fingerprint density at radius 1 is 0.354 bits per heavy atom. The van der Waals surface area contributed by atoms with Gasteiger partial charge in [0.1, 0.15) is 5.75 Å². The average molecular weight is 859 g/mol. The maximum atomic E-state index is 9.59. The molecule has 0 atom stereocenters. The molecule has 0 bridgehead atoms. The second-order valence-electron chi connectivity index (χ2n) is 15.6. The summed E-state index contributed by atoms with van der Waals surface area (Å²) in [5.74, 6) is 4.37. The van der Waals surface area contributed by atoms with Crippen molar-refractivity contribution in [3.63, 3.8) is 0 Å². The molecule has 0 saturated carbocycles. The molecule has 310 valence electrons. The minimum atomic E-state index is -0.0222. The highest BCUT2D eigenvalue weighted by Crippen LogP contribution is 2.39. The zero-order valence-electron chi connectivity index (χ0n) is 35.1. The van der Waals surface area contributed by atoms with Crippen LogP contribution < -0.4 is 4.74 Å². The molecule has 1 N–H and O–H groups in total. The molecule has 65 heavy (non-hydrogen) atoms. The van der Waals surface area contributed by atoms with Crippen LogP contribution in [0.15, 0.2) is 194 Å². The highest BCUT2D eigenvalue weighted by atomic mass is 32.1. The molecule has 0 radical (unpaired) electrons. The number of hydrogen-bond donors (Lipinski definition) is 1. The minimum absolute atomic E-state index is 0.0222. The molecule has 8 aromatic carbocycles. The van der Waals surface area contributed by atoms with Crippen molar-refractivity contribution in [2.24, 2.45) is 0 Å². The van der Waals surface area contributed by atoms with Gasteiger partial charge < -0.3 is 9.84 Å². The van der Waals surface area contributed by atoms with Crippen molar-refractivity contribution in [3.05, 3.63) is 200 Å². The predicted molar refractivity (Wildman–Crippen MR) is 262 cm³/mol. The molecule has 9 heteroatoms. The number of nitrogens with zero attached hydrogens (tertiary/aromatic N) is 6. The highest BCUT2D eigenvalue weighted by molar-refractivity contribution is 7.25. The molecule has 11 rings (SSSR count). The van der Waals surface area contributed by atoms with E-state index in [9.17, 15) is 5.11 Å². The lowest BCUT2D eigenvalue weighted by atomic mass is 9.99. The molecule has 0 unspecified atom stereocenters. The van der Waals surface area contributed by atoms with Crippen LogP contribution in [0.4, 0.5) is 0 Å². The third kappa shape index (κ3) is 8.02. The van der Waals surface area contributed by atoms with Crippen molar-refractivity contribution in [3.8, 4) is 96.3 Å². The first-order chi connectivity index (χ1) is 32.0. The number of aliphatic hydroxyl groups excluding tert-OH is 1. The fourth-order valence-corrected chi connectivity index (χ4v) is 9.03. The Morgan fingerprint density at radius 3 is 1.02 bits per heavy atom. The number of benzene rings is 8. The Morgan fingerprint density at radius 2 is 0.662 bits per heavy atom. The summed E-state index contributed by atoms with van der Waals surface area (Å²) in [6.07, 6.45) is 0. The van der Waals surface area contributed by atoms with Crippen LogP contribution in [0.5, 0.6) is 5.75 Å². The second-order valence-corrected chi connectivity index (χ2v) is 16.7. The topological polar surface area (TPSA) is 107 Å². The average Bonchev–Trinajstić information content (AvgIpc) is 3.76. The Labute approximate surface area is 379 Å². The number of fused-ring (bicyclic) bond motifs is 3. The standard InChI is InChI=1S/C56H38N6O2S/c1-64-46-28-24-43(25-29-46)56-60-52(39-10-6-3-7-11-39)59-55(62-56)42-22-18-37(19-23-42)45-27-31-50-48(33-45)47-32-44(26-30-49(47)65-50)36-16-20-41(21-17-36)54-58-51(38-8-4-2-5-9-38)57-53(61-54)40-14-12-35(34-63)13-15-40/h2-33,63H,34H2,1H3. The van der Waals surface area contributed by atoms with Gasteiger partial charge in [0.2, 0.25) is 0 Å². The van der Waals surface area contributed by atoms with Crippen LogP contribution in [0.25, 0.3) is 111 Å². The zero-order valence-corrected chi connectivity index (χ0v) is 35.9. The number of aliphatic hydroxyl groups is 1. The van der Waals surface area contributed by atoms with E-state index in [1.54, 1.807) is 18.4 Å². The van der Waals surface area contributed by atoms with Crippen LogP contribution in [0, 0.1) is 0 Å². The van der Waals surface area contributed by atoms with E-state index in [1.807, 2.05) is 109 Å². The summed E-state index contributed by atoms with van der Waals surface area (Å²) < 4.78 is 7.87. The summed E-state index contributed by atoms with van der Waals surface area (Å²) >= 11 is 1.81. The molecular formula is C56H38N6O2S. The van der Waals surface area contributed by atoms with Gasteiger partial charge in [-0.05, 0) is 76.3 Å². The van der Waals surface area contributed by atoms with Crippen LogP contribution in [0.3, 0.4) is 0 Å². The summed E-state index contributed by atoms with van der Waals surface area (Å²) in [5.41, 5.74) is 10.7. The largest absolute Gasteiger partial charge is 0.497 e. The van der Waals surface area contributed by atoms with Gasteiger partial charge in [-0.25, -0.2) is 29.9 Å². The van der Waals surface area contributed by atoms with Crippen molar-refractivity contribution >= 4 is 31.5 Å². The van der Waals surface area contributed by atoms with Crippen molar-refractivity contribution in [1.82, 2.24) is 29.9 Å². The van der Waals surface area contributed by atoms with E-state index in [4.69, 9.17) is 34.6 Å². The lowest BCUT2D eigenvalue weighted by Crippen LogP contribution is -2.00. The first kappa shape index (κ1) is 39.6. The van der Waals surface area contributed by atoms with Gasteiger partial charge in [-0.3, -0.25) is 0 Å². The lowest BCUT2D eigenvalue weighted by molar-refractivity contribution is 0.282. The first-order valence-electron chi connectivity index (χ1n) is 21.2. The van der Waals surface area contributed by atoms with Crippen molar-refractivity contribution in [2.45, 2.75) is 6.61 Å². The van der Waals surface area contributed by atoms with Gasteiger partial charge in [0.15, 0.2) is 34.9 Å². The van der Waals surface area contributed by atoms with E-state index < -0.39 is 0 Å². The predicted octanol–water partition coefficient (Wildman–Crippen LogP) is 13.3. The van der Waals surface area contributed by atoms with E-state index in [0.29, 0.717) is 34.9 Å². The molecule has 3 heterocycles. The van der Waals surface area contributed by atoms with Crippen LogP contribution in [0.2, 0.25) is 0 Å². The van der Waals surface area contributed by atoms with Gasteiger partial charge in [0.05, 0.1) is 13.7 Å². The van der Waals surface area contributed by atoms with Gasteiger partial charge >= 0.3 is 0 Å². The first-order valence-corrected chi connectivity index (χ1v) is 22.0. The van der Waals surface area contributed by atoms with Crippen molar-refractivity contribution < 1.29 is 9.84 Å². The van der Waals surface area contributed by atoms with E-state index in [1.165, 1.54) is 20.2 Å². The van der Waals surface area contributed by atoms with Gasteiger partial charge in [-0.1, -0.05) is 146 Å². The summed E-state index contributed by atoms with van der Waals surface area (Å²) in [5, 5.41) is 12.0. The van der Waals surface area contributed by atoms with Crippen LogP contribution >= 0.6 is 11.3 Å².